The molecule has 2 aliphatic rings. The van der Waals surface area contributed by atoms with Crippen LogP contribution in [0.2, 0.25) is 0 Å². The Morgan fingerprint density at radius 1 is 0.811 bits per heavy atom. The number of hydrazone groups is 1. The highest BCUT2D eigenvalue weighted by Gasteiger charge is 2.46. The van der Waals surface area contributed by atoms with Gasteiger partial charge in [-0.05, 0) is 24.3 Å². The van der Waals surface area contributed by atoms with Crippen molar-refractivity contribution in [3.05, 3.63) is 109 Å². The van der Waals surface area contributed by atoms with Gasteiger partial charge in [-0.1, -0.05) is 24.3 Å². The second-order valence-corrected chi connectivity index (χ2v) is 8.37. The average Bonchev–Trinajstić information content (AvgIpc) is 2.86. The van der Waals surface area contributed by atoms with Crippen LogP contribution in [-0.2, 0) is 4.79 Å². The van der Waals surface area contributed by atoms with E-state index in [9.17, 15) is 40.0 Å². The summed E-state index contributed by atoms with van der Waals surface area (Å²) in [5, 5.41) is 50.0. The molecule has 184 valence electrons. The number of nitrogens with zero attached hydrogens (tertiary/aromatic N) is 4. The van der Waals surface area contributed by atoms with Gasteiger partial charge in [-0.15, -0.1) is 0 Å². The molecule has 5 rings (SSSR count). The van der Waals surface area contributed by atoms with Crippen LogP contribution in [0.15, 0.2) is 71.3 Å². The van der Waals surface area contributed by atoms with E-state index in [0.717, 1.165) is 36.4 Å². The van der Waals surface area contributed by atoms with Crippen molar-refractivity contribution in [2.45, 2.75) is 5.92 Å². The minimum Gasteiger partial charge on any atom is -0.508 e. The van der Waals surface area contributed by atoms with Crippen molar-refractivity contribution in [3.8, 4) is 11.5 Å². The fraction of sp³-hybridized carbons (Fsp3) is 0.0800. The number of aromatic hydroxyl groups is 2. The Morgan fingerprint density at radius 3 is 2.05 bits per heavy atom. The molecule has 3 aromatic rings. The number of Topliss-reactive ketones (excluding diaryl/α,β-unsaturated/α-hetero) is 2. The maximum atomic E-state index is 13.6. The van der Waals surface area contributed by atoms with E-state index in [0.29, 0.717) is 5.56 Å². The fourth-order valence-electron chi connectivity index (χ4n) is 4.75. The van der Waals surface area contributed by atoms with E-state index in [-0.39, 0.29) is 45.2 Å². The zero-order chi connectivity index (χ0) is 26.6. The topological polar surface area (TPSA) is 176 Å². The van der Waals surface area contributed by atoms with Crippen LogP contribution < -0.4 is 0 Å². The van der Waals surface area contributed by atoms with Gasteiger partial charge in [0.05, 0.1) is 32.7 Å². The van der Waals surface area contributed by atoms with Crippen molar-refractivity contribution >= 4 is 34.3 Å². The number of ketones is 2. The number of hydrogen-bond acceptors (Lipinski definition) is 10. The molecule has 0 spiro atoms. The number of fused-ring (bicyclic) bond motifs is 2. The molecular weight excluding hydrogens is 484 g/mol. The molecule has 0 bridgehead atoms. The lowest BCUT2D eigenvalue weighted by Gasteiger charge is -2.35. The van der Waals surface area contributed by atoms with Crippen LogP contribution in [0.3, 0.4) is 0 Å². The van der Waals surface area contributed by atoms with Gasteiger partial charge in [-0.3, -0.25) is 34.8 Å². The van der Waals surface area contributed by atoms with Gasteiger partial charge in [0.2, 0.25) is 11.6 Å². The highest BCUT2D eigenvalue weighted by atomic mass is 16.6. The van der Waals surface area contributed by atoms with Crippen LogP contribution in [0.25, 0.3) is 5.70 Å². The Kier molecular flexibility index (Phi) is 5.29. The molecule has 1 atom stereocenters. The Hall–Kier alpha value is -5.39. The van der Waals surface area contributed by atoms with Crippen molar-refractivity contribution in [3.63, 3.8) is 0 Å². The van der Waals surface area contributed by atoms with E-state index in [1.165, 1.54) is 18.1 Å². The summed E-state index contributed by atoms with van der Waals surface area (Å²) in [5.41, 5.74) is -1.15. The summed E-state index contributed by atoms with van der Waals surface area (Å²) in [4.78, 5) is 49.1. The summed E-state index contributed by atoms with van der Waals surface area (Å²) >= 11 is 0. The Bertz CT molecular complexity index is 1620. The highest BCUT2D eigenvalue weighted by molar-refractivity contribution is 6.53. The van der Waals surface area contributed by atoms with Crippen LogP contribution in [0.5, 0.6) is 11.5 Å². The fourth-order valence-corrected chi connectivity index (χ4v) is 4.75. The first-order valence-corrected chi connectivity index (χ1v) is 10.8. The molecule has 1 unspecified atom stereocenters. The molecule has 0 fully saturated rings. The van der Waals surface area contributed by atoms with Crippen molar-refractivity contribution in [1.82, 2.24) is 5.01 Å². The van der Waals surface area contributed by atoms with E-state index in [4.69, 9.17) is 0 Å². The van der Waals surface area contributed by atoms with Crippen LogP contribution in [-0.4, -0.2) is 49.4 Å². The van der Waals surface area contributed by atoms with Gasteiger partial charge in [0, 0.05) is 41.4 Å². The number of phenols is 2. The molecule has 1 aliphatic heterocycles. The molecule has 12 heteroatoms. The second kappa shape index (κ2) is 8.37. The smallest absolute Gasteiger partial charge is 0.278 e. The molecule has 2 N–H and O–H groups in total. The molecule has 0 radical (unpaired) electrons. The summed E-state index contributed by atoms with van der Waals surface area (Å²) in [7, 11) is 1.47. The normalized spacial score (nSPS) is 16.7. The Morgan fingerprint density at radius 2 is 1.41 bits per heavy atom. The van der Waals surface area contributed by atoms with E-state index in [1.807, 2.05) is 0 Å². The minimum absolute atomic E-state index is 0.115. The lowest BCUT2D eigenvalue weighted by Crippen LogP contribution is -2.38. The molecule has 0 saturated carbocycles. The van der Waals surface area contributed by atoms with Crippen molar-refractivity contribution in [1.29, 1.82) is 0 Å². The van der Waals surface area contributed by atoms with Gasteiger partial charge in [0.25, 0.3) is 11.4 Å². The van der Waals surface area contributed by atoms with Crippen molar-refractivity contribution in [2.75, 3.05) is 7.05 Å². The molecule has 12 nitrogen and oxygen atoms in total. The third-order valence-corrected chi connectivity index (χ3v) is 6.25. The number of nitro groups is 2. The second-order valence-electron chi connectivity index (χ2n) is 8.37. The van der Waals surface area contributed by atoms with Gasteiger partial charge < -0.3 is 10.2 Å². The maximum Gasteiger partial charge on any atom is 0.278 e. The maximum absolute atomic E-state index is 13.6. The van der Waals surface area contributed by atoms with E-state index in [2.05, 4.69) is 5.10 Å². The average molecular weight is 500 g/mol. The first kappa shape index (κ1) is 23.4. The zero-order valence-corrected chi connectivity index (χ0v) is 19.0. The lowest BCUT2D eigenvalue weighted by atomic mass is 9.74. The molecule has 0 amide bonds. The number of carbonyl (C=O) groups is 2. The quantitative estimate of drug-likeness (QED) is 0.308. The Balaban J connectivity index is 1.91. The van der Waals surface area contributed by atoms with Crippen molar-refractivity contribution < 1.29 is 29.6 Å². The molecule has 0 aromatic heterocycles. The van der Waals surface area contributed by atoms with E-state index >= 15 is 0 Å². The van der Waals surface area contributed by atoms with E-state index in [1.54, 1.807) is 18.2 Å². The largest absolute Gasteiger partial charge is 0.508 e. The van der Waals surface area contributed by atoms with E-state index < -0.39 is 38.7 Å². The highest BCUT2D eigenvalue weighted by Crippen LogP contribution is 2.47. The number of hydrogen-bond donors (Lipinski definition) is 2. The lowest BCUT2D eigenvalue weighted by molar-refractivity contribution is -0.385. The molecule has 0 saturated heterocycles. The predicted molar refractivity (Wildman–Crippen MR) is 129 cm³/mol. The molecule has 3 aromatic carbocycles. The van der Waals surface area contributed by atoms with Crippen LogP contribution in [0, 0.1) is 20.2 Å². The summed E-state index contributed by atoms with van der Waals surface area (Å²) in [6.07, 6.45) is 0. The molecule has 1 aliphatic carbocycles. The van der Waals surface area contributed by atoms with Gasteiger partial charge in [0.15, 0.2) is 0 Å². The Labute approximate surface area is 207 Å². The van der Waals surface area contributed by atoms with Gasteiger partial charge in [-0.25, -0.2) is 0 Å². The molecular formula is C25H16N4O8. The number of rotatable bonds is 4. The SMILES string of the molecule is CN1N=C(c2cc(O)ccc2[N+](=O)[O-])C(c2cc(O)ccc2[N+](=O)[O-])C2=C1c1ccccc1C(=O)C2=O. The summed E-state index contributed by atoms with van der Waals surface area (Å²) in [6.45, 7) is 0. The molecule has 1 heterocycles. The van der Waals surface area contributed by atoms with Crippen LogP contribution in [0.4, 0.5) is 11.4 Å². The predicted octanol–water partition coefficient (Wildman–Crippen LogP) is 3.52. The first-order chi connectivity index (χ1) is 17.6. The third-order valence-electron chi connectivity index (χ3n) is 6.25. The van der Waals surface area contributed by atoms with Gasteiger partial charge in [0.1, 0.15) is 11.5 Å². The summed E-state index contributed by atoms with van der Waals surface area (Å²) in [6, 6.07) is 12.7. The van der Waals surface area contributed by atoms with Crippen molar-refractivity contribution in [2.24, 2.45) is 5.10 Å². The number of carbonyl (C=O) groups excluding carboxylic acids is 2. The van der Waals surface area contributed by atoms with Gasteiger partial charge in [-0.2, -0.15) is 5.10 Å². The standard InChI is InChI=1S/C25H16N4O8/c1-27-23-14-4-2-3-5-15(14)24(32)25(33)21(23)20(16-10-12(30)6-8-18(16)28(34)35)22(26-27)17-11-13(31)7-9-19(17)29(36)37/h2-11,20,30-31H,1H3. The minimum atomic E-state index is -1.47. The number of benzene rings is 3. The van der Waals surface area contributed by atoms with Gasteiger partial charge >= 0.3 is 0 Å². The zero-order valence-electron chi connectivity index (χ0n) is 19.0. The number of allylic oxidation sites excluding steroid dienone is 1. The monoisotopic (exact) mass is 500 g/mol. The molecule has 37 heavy (non-hydrogen) atoms. The number of phenolic OH excluding ortho intramolecular Hbond substituents is 2. The summed E-state index contributed by atoms with van der Waals surface area (Å²) in [5.74, 6) is -4.03. The summed E-state index contributed by atoms with van der Waals surface area (Å²) < 4.78 is 0. The van der Waals surface area contributed by atoms with Crippen LogP contribution >= 0.6 is 0 Å². The number of nitro benzene ring substituents is 2. The first-order valence-electron chi connectivity index (χ1n) is 10.8. The third kappa shape index (κ3) is 3.58. The van der Waals surface area contributed by atoms with Crippen LogP contribution in [0.1, 0.15) is 33.0 Å².